The van der Waals surface area contributed by atoms with Crippen LogP contribution in [0, 0.1) is 0 Å². The smallest absolute Gasteiger partial charge is 0.151 e. The van der Waals surface area contributed by atoms with Crippen molar-refractivity contribution >= 4 is 5.82 Å². The van der Waals surface area contributed by atoms with Gasteiger partial charge in [-0.15, -0.1) is 5.10 Å². The number of hydrogen-bond acceptors (Lipinski definition) is 4. The van der Waals surface area contributed by atoms with Crippen LogP contribution >= 0.6 is 0 Å². The van der Waals surface area contributed by atoms with E-state index >= 15 is 0 Å². The highest BCUT2D eigenvalue weighted by atomic mass is 15.3. The maximum atomic E-state index is 4.46. The molecule has 0 N–H and O–H groups in total. The van der Waals surface area contributed by atoms with Crippen molar-refractivity contribution in [2.24, 2.45) is 0 Å². The molecule has 3 heterocycles. The van der Waals surface area contributed by atoms with Crippen LogP contribution in [0.2, 0.25) is 0 Å². The third-order valence-corrected chi connectivity index (χ3v) is 4.24. The molecule has 18 heavy (non-hydrogen) atoms. The fourth-order valence-corrected chi connectivity index (χ4v) is 2.97. The van der Waals surface area contributed by atoms with Gasteiger partial charge < -0.3 is 9.80 Å². The van der Waals surface area contributed by atoms with Crippen LogP contribution in [0.1, 0.15) is 37.3 Å². The monoisotopic (exact) mass is 246 g/mol. The molecule has 2 saturated heterocycles. The van der Waals surface area contributed by atoms with Crippen LogP contribution in [0.15, 0.2) is 12.1 Å². The molecule has 0 aliphatic carbocycles. The lowest BCUT2D eigenvalue weighted by molar-refractivity contribution is 0.253. The number of aromatic nitrogens is 2. The summed E-state index contributed by atoms with van der Waals surface area (Å²) in [7, 11) is 2.19. The first-order valence-corrected chi connectivity index (χ1v) is 7.10. The highest BCUT2D eigenvalue weighted by molar-refractivity contribution is 5.38. The number of anilines is 1. The van der Waals surface area contributed by atoms with E-state index in [0.717, 1.165) is 18.9 Å². The lowest BCUT2D eigenvalue weighted by atomic mass is 9.94. The largest absolute Gasteiger partial charge is 0.355 e. The predicted octanol–water partition coefficient (Wildman–Crippen LogP) is 1.89. The van der Waals surface area contributed by atoms with Crippen LogP contribution in [0.4, 0.5) is 5.82 Å². The lowest BCUT2D eigenvalue weighted by Gasteiger charge is -2.28. The first kappa shape index (κ1) is 11.9. The zero-order valence-corrected chi connectivity index (χ0v) is 11.2. The van der Waals surface area contributed by atoms with Crippen molar-refractivity contribution in [3.05, 3.63) is 17.8 Å². The van der Waals surface area contributed by atoms with Crippen molar-refractivity contribution in [3.8, 4) is 0 Å². The zero-order chi connectivity index (χ0) is 12.4. The average Bonchev–Trinajstić information content (AvgIpc) is 2.94. The van der Waals surface area contributed by atoms with Crippen molar-refractivity contribution in [3.63, 3.8) is 0 Å². The molecule has 0 atom stereocenters. The van der Waals surface area contributed by atoms with Crippen molar-refractivity contribution in [2.45, 2.75) is 31.6 Å². The fourth-order valence-electron chi connectivity index (χ4n) is 2.97. The summed E-state index contributed by atoms with van der Waals surface area (Å²) in [5.74, 6) is 1.67. The van der Waals surface area contributed by atoms with Gasteiger partial charge in [0.05, 0.1) is 5.69 Å². The standard InChI is InChI=1S/C14H22N4/c1-17-10-6-12(7-11-17)13-4-5-14(16-15-13)18-8-2-3-9-18/h4-5,12H,2-3,6-11H2,1H3. The van der Waals surface area contributed by atoms with Crippen LogP contribution in [0.3, 0.4) is 0 Å². The third-order valence-electron chi connectivity index (χ3n) is 4.24. The normalized spacial score (nSPS) is 22.6. The second-order valence-electron chi connectivity index (χ2n) is 5.59. The number of likely N-dealkylation sites (tertiary alicyclic amines) is 1. The summed E-state index contributed by atoms with van der Waals surface area (Å²) in [6, 6.07) is 4.35. The molecule has 0 saturated carbocycles. The minimum atomic E-state index is 0.612. The van der Waals surface area contributed by atoms with Gasteiger partial charge in [-0.2, -0.15) is 5.10 Å². The van der Waals surface area contributed by atoms with Crippen LogP contribution in [-0.4, -0.2) is 48.3 Å². The molecule has 1 aromatic heterocycles. The summed E-state index contributed by atoms with van der Waals surface area (Å²) in [4.78, 5) is 4.73. The Balaban J connectivity index is 1.67. The molecule has 0 amide bonds. The van der Waals surface area contributed by atoms with E-state index in [9.17, 15) is 0 Å². The van der Waals surface area contributed by atoms with Crippen molar-refractivity contribution < 1.29 is 0 Å². The molecular weight excluding hydrogens is 224 g/mol. The molecule has 2 aliphatic heterocycles. The number of nitrogens with zero attached hydrogens (tertiary/aromatic N) is 4. The minimum absolute atomic E-state index is 0.612. The number of rotatable bonds is 2. The van der Waals surface area contributed by atoms with Crippen LogP contribution in [0.5, 0.6) is 0 Å². The molecule has 0 unspecified atom stereocenters. The fraction of sp³-hybridized carbons (Fsp3) is 0.714. The van der Waals surface area contributed by atoms with Gasteiger partial charge in [0.25, 0.3) is 0 Å². The molecule has 3 rings (SSSR count). The summed E-state index contributed by atoms with van der Waals surface area (Å²) in [6.45, 7) is 4.64. The van der Waals surface area contributed by atoms with Crippen LogP contribution in [0.25, 0.3) is 0 Å². The maximum Gasteiger partial charge on any atom is 0.151 e. The highest BCUT2D eigenvalue weighted by Gasteiger charge is 2.20. The van der Waals surface area contributed by atoms with Gasteiger partial charge >= 0.3 is 0 Å². The molecule has 1 aromatic rings. The molecular formula is C14H22N4. The molecule has 4 nitrogen and oxygen atoms in total. The van der Waals surface area contributed by atoms with E-state index in [1.54, 1.807) is 0 Å². The van der Waals surface area contributed by atoms with E-state index < -0.39 is 0 Å². The quantitative estimate of drug-likeness (QED) is 0.797. The first-order valence-electron chi connectivity index (χ1n) is 7.10. The molecule has 2 aliphatic rings. The SMILES string of the molecule is CN1CCC(c2ccc(N3CCCC3)nn2)CC1. The molecule has 0 radical (unpaired) electrons. The van der Waals surface area contributed by atoms with Gasteiger partial charge in [-0.1, -0.05) is 0 Å². The second kappa shape index (κ2) is 5.22. The van der Waals surface area contributed by atoms with E-state index in [4.69, 9.17) is 0 Å². The molecule has 0 spiro atoms. The lowest BCUT2D eigenvalue weighted by Crippen LogP contribution is -2.29. The van der Waals surface area contributed by atoms with Gasteiger partial charge in [-0.25, -0.2) is 0 Å². The number of piperidine rings is 1. The van der Waals surface area contributed by atoms with E-state index in [1.165, 1.54) is 44.5 Å². The molecule has 2 fully saturated rings. The van der Waals surface area contributed by atoms with E-state index in [2.05, 4.69) is 39.2 Å². The Morgan fingerprint density at radius 3 is 2.33 bits per heavy atom. The van der Waals surface area contributed by atoms with Gasteiger partial charge in [0.15, 0.2) is 5.82 Å². The summed E-state index contributed by atoms with van der Waals surface area (Å²) >= 11 is 0. The van der Waals surface area contributed by atoms with Gasteiger partial charge in [-0.3, -0.25) is 0 Å². The summed E-state index contributed by atoms with van der Waals surface area (Å²) < 4.78 is 0. The Kier molecular flexibility index (Phi) is 3.46. The van der Waals surface area contributed by atoms with E-state index in [0.29, 0.717) is 5.92 Å². The van der Waals surface area contributed by atoms with Gasteiger partial charge in [-0.05, 0) is 58.0 Å². The maximum absolute atomic E-state index is 4.46. The summed E-state index contributed by atoms with van der Waals surface area (Å²) in [6.07, 6.45) is 5.01. The molecule has 0 aromatic carbocycles. The zero-order valence-electron chi connectivity index (χ0n) is 11.2. The van der Waals surface area contributed by atoms with Crippen molar-refractivity contribution in [1.29, 1.82) is 0 Å². The first-order chi connectivity index (χ1) is 8.83. The highest BCUT2D eigenvalue weighted by Crippen LogP contribution is 2.26. The third kappa shape index (κ3) is 2.48. The van der Waals surface area contributed by atoms with Crippen molar-refractivity contribution in [1.82, 2.24) is 15.1 Å². The Labute approximate surface area is 109 Å². The molecule has 4 heteroatoms. The van der Waals surface area contributed by atoms with Crippen LogP contribution < -0.4 is 4.90 Å². The van der Waals surface area contributed by atoms with E-state index in [1.807, 2.05) is 0 Å². The average molecular weight is 246 g/mol. The Bertz CT molecular complexity index is 375. The summed E-state index contributed by atoms with van der Waals surface area (Å²) in [5, 5.41) is 8.88. The number of hydrogen-bond donors (Lipinski definition) is 0. The van der Waals surface area contributed by atoms with Gasteiger partial charge in [0, 0.05) is 19.0 Å². The topological polar surface area (TPSA) is 32.3 Å². The Hall–Kier alpha value is -1.16. The second-order valence-corrected chi connectivity index (χ2v) is 5.59. The minimum Gasteiger partial charge on any atom is -0.355 e. The molecule has 98 valence electrons. The van der Waals surface area contributed by atoms with Gasteiger partial charge in [0.1, 0.15) is 0 Å². The predicted molar refractivity (Wildman–Crippen MR) is 73.0 cm³/mol. The van der Waals surface area contributed by atoms with E-state index in [-0.39, 0.29) is 0 Å². The Morgan fingerprint density at radius 2 is 1.72 bits per heavy atom. The molecule has 0 bridgehead atoms. The van der Waals surface area contributed by atoms with Crippen LogP contribution in [-0.2, 0) is 0 Å². The van der Waals surface area contributed by atoms with Gasteiger partial charge in [0.2, 0.25) is 0 Å². The summed E-state index contributed by atoms with van der Waals surface area (Å²) in [5.41, 5.74) is 1.19. The Morgan fingerprint density at radius 1 is 1.00 bits per heavy atom. The van der Waals surface area contributed by atoms with Crippen molar-refractivity contribution in [2.75, 3.05) is 38.1 Å².